The summed E-state index contributed by atoms with van der Waals surface area (Å²) in [7, 11) is -3.75. The summed E-state index contributed by atoms with van der Waals surface area (Å²) in [5.74, 6) is -0.203. The molecule has 116 valence electrons. The van der Waals surface area contributed by atoms with Crippen molar-refractivity contribution in [3.8, 4) is 0 Å². The SMILES string of the molecule is NS(=O)(=O)c1csc(C(=O)NC23CCCNC2CCC3)c1. The van der Waals surface area contributed by atoms with Crippen LogP contribution in [0.5, 0.6) is 0 Å². The highest BCUT2D eigenvalue weighted by Crippen LogP contribution is 2.36. The third-order valence-electron chi connectivity index (χ3n) is 4.46. The van der Waals surface area contributed by atoms with E-state index in [-0.39, 0.29) is 16.3 Å². The van der Waals surface area contributed by atoms with E-state index in [1.54, 1.807) is 0 Å². The van der Waals surface area contributed by atoms with Crippen LogP contribution in [0.2, 0.25) is 0 Å². The number of nitrogens with two attached hydrogens (primary N) is 1. The van der Waals surface area contributed by atoms with Gasteiger partial charge in [0, 0.05) is 11.4 Å². The normalized spacial score (nSPS) is 29.1. The van der Waals surface area contributed by atoms with Gasteiger partial charge in [-0.2, -0.15) is 0 Å². The second kappa shape index (κ2) is 5.35. The van der Waals surface area contributed by atoms with E-state index >= 15 is 0 Å². The van der Waals surface area contributed by atoms with E-state index in [0.29, 0.717) is 10.9 Å². The van der Waals surface area contributed by atoms with Crippen LogP contribution in [0.15, 0.2) is 16.3 Å². The van der Waals surface area contributed by atoms with Gasteiger partial charge in [-0.05, 0) is 44.7 Å². The van der Waals surface area contributed by atoms with Gasteiger partial charge in [0.1, 0.15) is 0 Å². The molecule has 0 spiro atoms. The molecule has 3 rings (SSSR count). The molecule has 2 heterocycles. The average molecular weight is 329 g/mol. The lowest BCUT2D eigenvalue weighted by atomic mass is 9.84. The number of carbonyl (C=O) groups is 1. The molecule has 0 aromatic carbocycles. The summed E-state index contributed by atoms with van der Waals surface area (Å²) in [4.78, 5) is 12.8. The van der Waals surface area contributed by atoms with Crippen molar-refractivity contribution in [2.45, 2.75) is 48.6 Å². The first-order chi connectivity index (χ1) is 9.91. The molecular weight excluding hydrogens is 310 g/mol. The van der Waals surface area contributed by atoms with Crippen LogP contribution in [-0.4, -0.2) is 32.5 Å². The van der Waals surface area contributed by atoms with Gasteiger partial charge in [-0.25, -0.2) is 13.6 Å². The second-order valence-corrected chi connectivity index (χ2v) is 8.28. The van der Waals surface area contributed by atoms with Crippen molar-refractivity contribution in [1.29, 1.82) is 0 Å². The Labute approximate surface area is 128 Å². The smallest absolute Gasteiger partial charge is 0.261 e. The van der Waals surface area contributed by atoms with E-state index in [1.807, 2.05) is 0 Å². The van der Waals surface area contributed by atoms with Crippen LogP contribution in [0.3, 0.4) is 0 Å². The Morgan fingerprint density at radius 1 is 1.43 bits per heavy atom. The number of carbonyl (C=O) groups excluding carboxylic acids is 1. The number of thiophene rings is 1. The number of sulfonamides is 1. The third kappa shape index (κ3) is 2.85. The summed E-state index contributed by atoms with van der Waals surface area (Å²) in [6.45, 7) is 0.997. The maximum Gasteiger partial charge on any atom is 0.261 e. The van der Waals surface area contributed by atoms with Crippen molar-refractivity contribution in [3.05, 3.63) is 16.3 Å². The van der Waals surface area contributed by atoms with Crippen molar-refractivity contribution < 1.29 is 13.2 Å². The summed E-state index contributed by atoms with van der Waals surface area (Å²) < 4.78 is 22.6. The second-order valence-electron chi connectivity index (χ2n) is 5.80. The van der Waals surface area contributed by atoms with Gasteiger partial charge in [0.25, 0.3) is 5.91 Å². The molecule has 6 nitrogen and oxygen atoms in total. The summed E-state index contributed by atoms with van der Waals surface area (Å²) in [5, 5.41) is 13.1. The average Bonchev–Trinajstić information content (AvgIpc) is 3.04. The number of primary sulfonamides is 1. The predicted molar refractivity (Wildman–Crippen MR) is 80.8 cm³/mol. The highest BCUT2D eigenvalue weighted by Gasteiger charge is 2.45. The van der Waals surface area contributed by atoms with Gasteiger partial charge in [-0.1, -0.05) is 0 Å². The number of rotatable bonds is 3. The van der Waals surface area contributed by atoms with Gasteiger partial charge in [0.05, 0.1) is 15.3 Å². The molecule has 2 aliphatic rings. The molecule has 1 aliphatic carbocycles. The Balaban J connectivity index is 1.78. The molecule has 4 N–H and O–H groups in total. The van der Waals surface area contributed by atoms with E-state index in [2.05, 4.69) is 10.6 Å². The first kappa shape index (κ1) is 15.0. The number of hydrogen-bond acceptors (Lipinski definition) is 5. The summed E-state index contributed by atoms with van der Waals surface area (Å²) in [6.07, 6.45) is 5.18. The van der Waals surface area contributed by atoms with E-state index in [1.165, 1.54) is 11.4 Å². The van der Waals surface area contributed by atoms with E-state index in [9.17, 15) is 13.2 Å². The first-order valence-electron chi connectivity index (χ1n) is 7.08. The summed E-state index contributed by atoms with van der Waals surface area (Å²) in [6, 6.07) is 1.68. The zero-order chi connectivity index (χ0) is 15.1. The van der Waals surface area contributed by atoms with Crippen LogP contribution >= 0.6 is 11.3 Å². The molecule has 21 heavy (non-hydrogen) atoms. The quantitative estimate of drug-likeness (QED) is 0.763. The highest BCUT2D eigenvalue weighted by molar-refractivity contribution is 7.89. The maximum absolute atomic E-state index is 12.4. The predicted octanol–water partition coefficient (Wildman–Crippen LogP) is 0.800. The number of fused-ring (bicyclic) bond motifs is 1. The van der Waals surface area contributed by atoms with Crippen LogP contribution in [0, 0.1) is 0 Å². The minimum absolute atomic E-state index is 0.000101. The molecule has 0 bridgehead atoms. The van der Waals surface area contributed by atoms with Crippen molar-refractivity contribution in [1.82, 2.24) is 10.6 Å². The first-order valence-corrected chi connectivity index (χ1v) is 9.51. The molecule has 8 heteroatoms. The highest BCUT2D eigenvalue weighted by atomic mass is 32.2. The third-order valence-corrected chi connectivity index (χ3v) is 6.43. The topological polar surface area (TPSA) is 101 Å². The Bertz CT molecular complexity index is 655. The molecule has 1 saturated heterocycles. The summed E-state index contributed by atoms with van der Waals surface area (Å²) in [5.41, 5.74) is -0.179. The minimum Gasteiger partial charge on any atom is -0.344 e. The Kier molecular flexibility index (Phi) is 3.81. The molecule has 2 unspecified atom stereocenters. The zero-order valence-electron chi connectivity index (χ0n) is 11.6. The largest absolute Gasteiger partial charge is 0.344 e. The number of amides is 1. The van der Waals surface area contributed by atoms with E-state index < -0.39 is 10.0 Å². The number of piperidine rings is 1. The number of hydrogen-bond donors (Lipinski definition) is 3. The van der Waals surface area contributed by atoms with Crippen molar-refractivity contribution in [2.24, 2.45) is 5.14 Å². The molecule has 1 aliphatic heterocycles. The fourth-order valence-electron chi connectivity index (χ4n) is 3.44. The van der Waals surface area contributed by atoms with Crippen LogP contribution in [0.25, 0.3) is 0 Å². The molecule has 1 aromatic rings. The molecule has 2 fully saturated rings. The van der Waals surface area contributed by atoms with Crippen LogP contribution in [0.1, 0.15) is 41.8 Å². The molecule has 1 saturated carbocycles. The monoisotopic (exact) mass is 329 g/mol. The van der Waals surface area contributed by atoms with Crippen molar-refractivity contribution >= 4 is 27.3 Å². The molecular formula is C13H19N3O3S2. The minimum atomic E-state index is -3.75. The Morgan fingerprint density at radius 2 is 2.19 bits per heavy atom. The molecule has 0 radical (unpaired) electrons. The molecule has 2 atom stereocenters. The van der Waals surface area contributed by atoms with E-state index in [4.69, 9.17) is 5.14 Å². The zero-order valence-corrected chi connectivity index (χ0v) is 13.2. The Hall–Kier alpha value is -0.960. The lowest BCUT2D eigenvalue weighted by molar-refractivity contribution is 0.0861. The molecule has 1 amide bonds. The van der Waals surface area contributed by atoms with Crippen LogP contribution in [-0.2, 0) is 10.0 Å². The lowest BCUT2D eigenvalue weighted by Crippen LogP contribution is -2.61. The van der Waals surface area contributed by atoms with Gasteiger partial charge in [-0.3, -0.25) is 4.79 Å². The van der Waals surface area contributed by atoms with Gasteiger partial charge >= 0.3 is 0 Å². The van der Waals surface area contributed by atoms with Gasteiger partial charge in [0.15, 0.2) is 0 Å². The maximum atomic E-state index is 12.4. The van der Waals surface area contributed by atoms with Crippen LogP contribution < -0.4 is 15.8 Å². The molecule has 1 aromatic heterocycles. The lowest BCUT2D eigenvalue weighted by Gasteiger charge is -2.40. The Morgan fingerprint density at radius 3 is 2.90 bits per heavy atom. The van der Waals surface area contributed by atoms with E-state index in [0.717, 1.165) is 50.0 Å². The standard InChI is InChI=1S/C13H19N3O3S2/c14-21(18,19)9-7-10(20-8-9)12(17)16-13-4-1-3-11(13)15-6-2-5-13/h7-8,11,15H,1-6H2,(H,16,17)(H2,14,18,19). The van der Waals surface area contributed by atoms with Gasteiger partial charge in [0.2, 0.25) is 10.0 Å². The van der Waals surface area contributed by atoms with Gasteiger partial charge < -0.3 is 10.6 Å². The van der Waals surface area contributed by atoms with Gasteiger partial charge in [-0.15, -0.1) is 11.3 Å². The van der Waals surface area contributed by atoms with Crippen LogP contribution in [0.4, 0.5) is 0 Å². The number of nitrogens with one attached hydrogen (secondary N) is 2. The van der Waals surface area contributed by atoms with Crippen molar-refractivity contribution in [3.63, 3.8) is 0 Å². The fourth-order valence-corrected chi connectivity index (χ4v) is 5.14. The fraction of sp³-hybridized carbons (Fsp3) is 0.615. The van der Waals surface area contributed by atoms with Crippen molar-refractivity contribution in [2.75, 3.05) is 6.54 Å². The summed E-state index contributed by atoms with van der Waals surface area (Å²) >= 11 is 1.11.